The van der Waals surface area contributed by atoms with Crippen molar-refractivity contribution in [3.63, 3.8) is 0 Å². The van der Waals surface area contributed by atoms with Crippen molar-refractivity contribution in [3.05, 3.63) is 83.7 Å². The van der Waals surface area contributed by atoms with Crippen LogP contribution < -0.4 is 0 Å². The zero-order chi connectivity index (χ0) is 58.6. The second kappa shape index (κ2) is 31.4. The van der Waals surface area contributed by atoms with E-state index in [4.69, 9.17) is 42.0 Å². The first-order valence-corrected chi connectivity index (χ1v) is 35.3. The molecule has 10 rings (SSSR count). The summed E-state index contributed by atoms with van der Waals surface area (Å²) in [6.45, 7) is 28.1. The van der Waals surface area contributed by atoms with Crippen LogP contribution in [0.15, 0.2) is 83.1 Å². The summed E-state index contributed by atoms with van der Waals surface area (Å²) in [6, 6.07) is 12.5. The van der Waals surface area contributed by atoms with Gasteiger partial charge in [0.1, 0.15) is 0 Å². The Balaban J connectivity index is 0.000000232. The summed E-state index contributed by atoms with van der Waals surface area (Å²) in [5.74, 6) is 10.6. The first-order chi connectivity index (χ1) is 38.6. The maximum Gasteiger partial charge on any atom is 0.297 e. The Hall–Kier alpha value is -1.78. The molecule has 466 valence electrons. The predicted molar refractivity (Wildman–Crippen MR) is 345 cm³/mol. The van der Waals surface area contributed by atoms with Gasteiger partial charge in [-0.2, -0.15) is 8.42 Å². The Morgan fingerprint density at radius 2 is 1.05 bits per heavy atom. The number of pyridine rings is 1. The number of alkyl halides is 2. The summed E-state index contributed by atoms with van der Waals surface area (Å²) in [6.07, 6.45) is 38.6. The summed E-state index contributed by atoms with van der Waals surface area (Å²) in [7, 11) is -3.74. The average Bonchev–Trinajstić information content (AvgIpc) is 3.11. The number of halogens is 2. The maximum absolute atomic E-state index is 12.5. The van der Waals surface area contributed by atoms with Crippen LogP contribution in [0.5, 0.6) is 0 Å². The molecule has 0 radical (unpaired) electrons. The highest BCUT2D eigenvalue weighted by Gasteiger charge is 2.61. The maximum atomic E-state index is 12.5. The largest absolute Gasteiger partial charge is 0.394 e. The lowest BCUT2D eigenvalue weighted by molar-refractivity contribution is -0.0658. The number of nitrogens with zero attached hydrogens (tertiary/aromatic N) is 1. The fourth-order valence-corrected chi connectivity index (χ4v) is 20.1. The normalized spacial score (nSPS) is 35.1. The summed E-state index contributed by atoms with van der Waals surface area (Å²) in [5, 5.41) is 9.33. The minimum atomic E-state index is -3.74. The molecule has 6 saturated carbocycles. The molecule has 0 unspecified atom stereocenters. The van der Waals surface area contributed by atoms with E-state index in [1.165, 1.54) is 122 Å². The number of hydrogen-bond donors (Lipinski definition) is 1. The number of ether oxygens (including phenoxy) is 2. The first kappa shape index (κ1) is 69.3. The number of allylic oxidation sites excluding steroid dienone is 2. The van der Waals surface area contributed by atoms with Gasteiger partial charge in [-0.3, -0.25) is 9.17 Å². The van der Waals surface area contributed by atoms with Gasteiger partial charge in [0.05, 0.1) is 48.9 Å². The fraction of sp³-hybridized carbons (Fsp3) is 0.792. The van der Waals surface area contributed by atoms with Gasteiger partial charge >= 0.3 is 0 Å². The van der Waals surface area contributed by atoms with Crippen molar-refractivity contribution in [2.75, 3.05) is 31.8 Å². The van der Waals surface area contributed by atoms with Gasteiger partial charge in [-0.15, -0.1) is 23.2 Å². The lowest BCUT2D eigenvalue weighted by Crippen LogP contribution is -2.51. The lowest BCUT2D eigenvalue weighted by atomic mass is 9.47. The van der Waals surface area contributed by atoms with Gasteiger partial charge in [0.15, 0.2) is 0 Å². The lowest BCUT2D eigenvalue weighted by Gasteiger charge is -2.58. The standard InChI is InChI=1S/C36H56O4S.C29H50O2.C5H5N.CH2Cl2.CH4/c1-25(2)8-7-9-27(4)32-16-17-33-31-15-12-28-24-29(18-20-35(28,5)34(31)19-21-36(32,33)6)39-22-23-40-41(37,38)30-13-10-26(3)11-14-30;1-20(2)7-6-8-21(3)25-11-12-26-24-10-9-22-19-23(31-18-17-30)13-15-28(22,4)27(24)14-16-29(25,26)5;1-2-4-6-5-3-1;2-1-3;/h10-14,25,27,29,31-34H,7-9,15-24H2,1-6H3;9,20-21,23-27,30H,6-8,10-19H2,1-5H3;1-5H;1H2;1H4/t27-,29+,31+,32-,33+,34+,35+,36-;21-,23+,24+,25-,26+,27+,28+,29-;;;/m11.../s1. The van der Waals surface area contributed by atoms with Crippen molar-refractivity contribution in [2.45, 2.75) is 242 Å². The van der Waals surface area contributed by atoms with Gasteiger partial charge in [-0.25, -0.2) is 0 Å². The molecule has 6 fully saturated rings. The molecule has 7 nitrogen and oxygen atoms in total. The van der Waals surface area contributed by atoms with Gasteiger partial charge in [0.25, 0.3) is 10.1 Å². The average molecular weight is 1200 g/mol. The molecule has 2 aromatic rings. The Morgan fingerprint density at radius 1 is 0.598 bits per heavy atom. The van der Waals surface area contributed by atoms with E-state index >= 15 is 0 Å². The van der Waals surface area contributed by atoms with E-state index in [2.05, 4.69) is 86.4 Å². The molecule has 0 spiro atoms. The van der Waals surface area contributed by atoms with E-state index in [-0.39, 0.29) is 37.0 Å². The van der Waals surface area contributed by atoms with E-state index < -0.39 is 10.1 Å². The fourth-order valence-electron chi connectivity index (χ4n) is 19.3. The molecule has 10 heteroatoms. The highest BCUT2D eigenvalue weighted by Crippen LogP contribution is 2.69. The molecule has 1 aromatic carbocycles. The number of benzene rings is 1. The minimum absolute atomic E-state index is 0. The monoisotopic (exact) mass is 1190 g/mol. The van der Waals surface area contributed by atoms with E-state index in [9.17, 15) is 8.42 Å². The van der Waals surface area contributed by atoms with Crippen molar-refractivity contribution in [1.82, 2.24) is 4.98 Å². The molecule has 82 heavy (non-hydrogen) atoms. The molecule has 1 N–H and O–H groups in total. The molecule has 16 atom stereocenters. The molecule has 1 aromatic heterocycles. The Kier molecular flexibility index (Phi) is 26.6. The number of rotatable bonds is 19. The summed E-state index contributed by atoms with van der Waals surface area (Å²) < 4.78 is 42.4. The highest BCUT2D eigenvalue weighted by atomic mass is 35.5. The number of aliphatic hydroxyl groups excluding tert-OH is 1. The van der Waals surface area contributed by atoms with Crippen LogP contribution in [0.4, 0.5) is 0 Å². The Bertz CT molecular complexity index is 2350. The van der Waals surface area contributed by atoms with Crippen molar-refractivity contribution in [1.29, 1.82) is 0 Å². The SMILES string of the molecule is C.CC(C)CCC[C@@H](C)[C@H]1CC[C@H]2[C@@H]3CC=C4C[C@@H](OCCO)CC[C@]4(C)[C@H]3CC[C@]12C.Cc1ccc(S(=O)(=O)OCCO[C@H]2CC[C@@]3(C)C(=CC[C@H]4[C@@H]5CC[C@H]([C@H](C)CCCC(C)C)[C@@]5(C)CC[C@@H]43)C2)cc1.ClCCl.c1ccncc1. The molecule has 0 aliphatic heterocycles. The van der Waals surface area contributed by atoms with Gasteiger partial charge in [-0.05, 0) is 227 Å². The third-order valence-corrected chi connectivity index (χ3v) is 24.8. The van der Waals surface area contributed by atoms with Crippen LogP contribution in [-0.2, 0) is 23.8 Å². The number of aryl methyl sites for hydroxylation is 1. The van der Waals surface area contributed by atoms with Crippen LogP contribution in [0, 0.1) is 99.6 Å². The zero-order valence-corrected chi connectivity index (χ0v) is 55.0. The van der Waals surface area contributed by atoms with Crippen molar-refractivity contribution in [3.8, 4) is 0 Å². The van der Waals surface area contributed by atoms with Crippen LogP contribution in [-0.4, -0.2) is 62.5 Å². The van der Waals surface area contributed by atoms with Crippen LogP contribution in [0.25, 0.3) is 0 Å². The van der Waals surface area contributed by atoms with E-state index in [0.29, 0.717) is 41.0 Å². The van der Waals surface area contributed by atoms with Gasteiger partial charge in [-0.1, -0.05) is 162 Å². The second-order valence-corrected chi connectivity index (χ2v) is 31.4. The van der Waals surface area contributed by atoms with E-state index in [0.717, 1.165) is 95.8 Å². The van der Waals surface area contributed by atoms with Crippen LogP contribution in [0.1, 0.15) is 223 Å². The van der Waals surface area contributed by atoms with E-state index in [1.807, 2.05) is 25.1 Å². The Labute approximate surface area is 512 Å². The van der Waals surface area contributed by atoms with E-state index in [1.54, 1.807) is 47.8 Å². The van der Waals surface area contributed by atoms with Crippen LogP contribution in [0.3, 0.4) is 0 Å². The molecular formula is C72H117Cl2NO6S. The predicted octanol–water partition coefficient (Wildman–Crippen LogP) is 19.7. The number of aliphatic hydroxyl groups is 1. The molecular weight excluding hydrogens is 1080 g/mol. The first-order valence-electron chi connectivity index (χ1n) is 32.8. The summed E-state index contributed by atoms with van der Waals surface area (Å²) in [5.41, 5.74) is 6.16. The number of fused-ring (bicyclic) bond motifs is 10. The van der Waals surface area contributed by atoms with Crippen molar-refractivity contribution >= 4 is 33.3 Å². The molecule has 1 heterocycles. The molecule has 0 bridgehead atoms. The topological polar surface area (TPSA) is 95.0 Å². The van der Waals surface area contributed by atoms with Crippen LogP contribution >= 0.6 is 23.2 Å². The second-order valence-electron chi connectivity index (χ2n) is 29.0. The summed E-state index contributed by atoms with van der Waals surface area (Å²) >= 11 is 9.53. The number of hydrogen-bond acceptors (Lipinski definition) is 7. The van der Waals surface area contributed by atoms with Gasteiger partial charge < -0.3 is 14.6 Å². The molecule has 8 aliphatic carbocycles. The van der Waals surface area contributed by atoms with Crippen molar-refractivity contribution in [2.24, 2.45) is 92.7 Å². The molecule has 0 saturated heterocycles. The zero-order valence-electron chi connectivity index (χ0n) is 52.6. The van der Waals surface area contributed by atoms with Crippen LogP contribution in [0.2, 0.25) is 0 Å². The quantitative estimate of drug-likeness (QED) is 0.0648. The van der Waals surface area contributed by atoms with Crippen molar-refractivity contribution < 1.29 is 27.2 Å². The third kappa shape index (κ3) is 16.5. The van der Waals surface area contributed by atoms with Gasteiger partial charge in [0, 0.05) is 12.4 Å². The third-order valence-electron chi connectivity index (χ3n) is 23.5. The van der Waals surface area contributed by atoms with Gasteiger partial charge in [0.2, 0.25) is 0 Å². The molecule has 8 aliphatic rings. The number of aromatic nitrogens is 1. The summed E-state index contributed by atoms with van der Waals surface area (Å²) in [4.78, 5) is 3.99. The Morgan fingerprint density at radius 3 is 1.45 bits per heavy atom. The molecule has 0 amide bonds. The highest BCUT2D eigenvalue weighted by molar-refractivity contribution is 7.86. The smallest absolute Gasteiger partial charge is 0.297 e. The minimum Gasteiger partial charge on any atom is -0.394 e.